The van der Waals surface area contributed by atoms with Crippen LogP contribution in [0.5, 0.6) is 0 Å². The number of halogens is 5. The maximum Gasteiger partial charge on any atom is 0.511 e. The van der Waals surface area contributed by atoms with Crippen molar-refractivity contribution >= 4 is 24.0 Å². The minimum Gasteiger partial charge on any atom is -0.445 e. The van der Waals surface area contributed by atoms with Crippen LogP contribution in [-0.4, -0.2) is 12.0 Å². The van der Waals surface area contributed by atoms with Gasteiger partial charge in [-0.2, -0.15) is 4.39 Å². The molecule has 0 saturated heterocycles. The summed E-state index contributed by atoms with van der Waals surface area (Å²) >= 11 is 5.15. The molecule has 0 aromatic carbocycles. The number of aromatic nitrogens is 1. The van der Waals surface area contributed by atoms with Crippen LogP contribution in [0, 0.1) is 5.95 Å². The van der Waals surface area contributed by atoms with Crippen molar-refractivity contribution in [2.75, 3.05) is 0 Å². The van der Waals surface area contributed by atoms with Crippen molar-refractivity contribution in [3.05, 3.63) is 23.2 Å². The van der Waals surface area contributed by atoms with E-state index >= 15 is 0 Å². The molecule has 1 aromatic heterocycles. The molecule has 7 heteroatoms. The molecule has 0 amide bonds. The van der Waals surface area contributed by atoms with E-state index in [4.69, 9.17) is 11.6 Å². The molecule has 0 radical (unpaired) electrons. The average Bonchev–Trinajstić information content (AvgIpc) is 1.92. The zero-order valence-corrected chi connectivity index (χ0v) is 6.33. The fourth-order valence-corrected chi connectivity index (χ4v) is 0.905. The minimum absolute atomic E-state index is 0.280. The molecule has 1 heterocycles. The van der Waals surface area contributed by atoms with E-state index in [2.05, 4.69) is 4.98 Å². The van der Waals surface area contributed by atoms with Crippen LogP contribution in [0.25, 0.3) is 0 Å². The van der Waals surface area contributed by atoms with E-state index in [1.807, 2.05) is 0 Å². The van der Waals surface area contributed by atoms with Crippen LogP contribution < -0.4 is 5.46 Å². The normalized spacial score (nSPS) is 11.8. The van der Waals surface area contributed by atoms with Crippen LogP contribution in [0.1, 0.15) is 0 Å². The average molecular weight is 198 g/mol. The maximum atomic E-state index is 12.2. The first-order valence-electron chi connectivity index (χ1n) is 2.92. The number of hydrogen-bond acceptors (Lipinski definition) is 1. The van der Waals surface area contributed by atoms with Crippen LogP contribution in [0.3, 0.4) is 0 Å². The Morgan fingerprint density at radius 1 is 1.33 bits per heavy atom. The first-order chi connectivity index (χ1) is 5.41. The molecule has 1 nitrogen and oxygen atoms in total. The largest absolute Gasteiger partial charge is 0.511 e. The molecule has 1 aromatic rings. The van der Waals surface area contributed by atoms with Crippen molar-refractivity contribution in [1.29, 1.82) is 0 Å². The predicted molar refractivity (Wildman–Crippen MR) is 37.9 cm³/mol. The fourth-order valence-electron chi connectivity index (χ4n) is 0.678. The summed E-state index contributed by atoms with van der Waals surface area (Å²) in [7, 11) is 0. The van der Waals surface area contributed by atoms with Crippen molar-refractivity contribution in [2.24, 2.45) is 0 Å². The van der Waals surface area contributed by atoms with Crippen LogP contribution in [0.15, 0.2) is 12.3 Å². The quantitative estimate of drug-likeness (QED) is 0.382. The van der Waals surface area contributed by atoms with Gasteiger partial charge in [0, 0.05) is 11.2 Å². The molecule has 0 aliphatic rings. The highest BCUT2D eigenvalue weighted by Crippen LogP contribution is 2.15. The van der Waals surface area contributed by atoms with Crippen LogP contribution in [0.4, 0.5) is 17.3 Å². The molecule has 0 spiro atoms. The lowest BCUT2D eigenvalue weighted by Crippen LogP contribution is -2.35. The van der Waals surface area contributed by atoms with E-state index in [0.717, 1.165) is 0 Å². The highest BCUT2D eigenvalue weighted by Gasteiger charge is 2.28. The molecule has 0 saturated carbocycles. The van der Waals surface area contributed by atoms with Crippen LogP contribution >= 0.6 is 11.6 Å². The highest BCUT2D eigenvalue weighted by molar-refractivity contribution is 6.75. The Morgan fingerprint density at radius 2 is 1.92 bits per heavy atom. The predicted octanol–water partition coefficient (Wildman–Crippen LogP) is 1.93. The van der Waals surface area contributed by atoms with E-state index in [1.54, 1.807) is 0 Å². The second-order valence-corrected chi connectivity index (χ2v) is 2.51. The Bertz CT molecular complexity index is 300. The van der Waals surface area contributed by atoms with Crippen molar-refractivity contribution in [3.63, 3.8) is 0 Å². The van der Waals surface area contributed by atoms with Gasteiger partial charge in [-0.05, 0) is 6.07 Å². The van der Waals surface area contributed by atoms with Gasteiger partial charge in [0.1, 0.15) is 0 Å². The SMILES string of the molecule is Fc1cc([B-](F)(F)F)c(Cl)cn1. The van der Waals surface area contributed by atoms with Crippen molar-refractivity contribution in [1.82, 2.24) is 4.98 Å². The minimum atomic E-state index is -5.26. The van der Waals surface area contributed by atoms with Gasteiger partial charge in [-0.25, -0.2) is 4.98 Å². The van der Waals surface area contributed by atoms with E-state index in [-0.39, 0.29) is 6.07 Å². The third-order valence-electron chi connectivity index (χ3n) is 1.20. The summed E-state index contributed by atoms with van der Waals surface area (Å²) in [6.45, 7) is -5.26. The standard InChI is InChI=1S/C5H2BClF4N/c7-4-2-12-5(8)1-3(4)6(9,10)11/h1-2H/q-1. The van der Waals surface area contributed by atoms with Gasteiger partial charge in [0.25, 0.3) is 0 Å². The molecule has 0 bridgehead atoms. The van der Waals surface area contributed by atoms with Gasteiger partial charge in [-0.15, -0.1) is 0 Å². The van der Waals surface area contributed by atoms with Crippen molar-refractivity contribution in [2.45, 2.75) is 0 Å². The van der Waals surface area contributed by atoms with Crippen LogP contribution in [-0.2, 0) is 0 Å². The number of rotatable bonds is 1. The second-order valence-electron chi connectivity index (χ2n) is 2.10. The molecule has 0 N–H and O–H groups in total. The first-order valence-corrected chi connectivity index (χ1v) is 3.30. The Hall–Kier alpha value is -0.775. The van der Waals surface area contributed by atoms with Gasteiger partial charge in [0.15, 0.2) is 0 Å². The monoisotopic (exact) mass is 198 g/mol. The van der Waals surface area contributed by atoms with Crippen molar-refractivity contribution in [3.8, 4) is 0 Å². The number of nitrogens with zero attached hydrogens (tertiary/aromatic N) is 1. The third-order valence-corrected chi connectivity index (χ3v) is 1.52. The molecule has 0 aliphatic carbocycles. The lowest BCUT2D eigenvalue weighted by Gasteiger charge is -2.15. The van der Waals surface area contributed by atoms with Gasteiger partial charge in [0.2, 0.25) is 5.95 Å². The highest BCUT2D eigenvalue weighted by atomic mass is 35.5. The molecule has 66 valence electrons. The van der Waals surface area contributed by atoms with E-state index in [0.29, 0.717) is 6.20 Å². The molecular formula is C5H2BClF4N-. The van der Waals surface area contributed by atoms with E-state index in [1.165, 1.54) is 0 Å². The molecule has 0 aliphatic heterocycles. The lowest BCUT2D eigenvalue weighted by atomic mass is 9.81. The summed E-state index contributed by atoms with van der Waals surface area (Å²) in [6, 6.07) is 0.280. The van der Waals surface area contributed by atoms with Crippen molar-refractivity contribution < 1.29 is 17.3 Å². The number of pyridine rings is 1. The summed E-state index contributed by atoms with van der Waals surface area (Å²) in [5.41, 5.74) is -1.15. The third kappa shape index (κ3) is 1.88. The molecular weight excluding hydrogens is 196 g/mol. The summed E-state index contributed by atoms with van der Waals surface area (Å²) < 4.78 is 48.3. The summed E-state index contributed by atoms with van der Waals surface area (Å²) in [6.07, 6.45) is 0.640. The Labute approximate surface area is 70.4 Å². The zero-order valence-electron chi connectivity index (χ0n) is 5.57. The second kappa shape index (κ2) is 2.93. The van der Waals surface area contributed by atoms with Gasteiger partial charge in [0.05, 0.1) is 0 Å². The first kappa shape index (κ1) is 9.31. The van der Waals surface area contributed by atoms with E-state index in [9.17, 15) is 17.3 Å². The smallest absolute Gasteiger partial charge is 0.445 e. The van der Waals surface area contributed by atoms with Gasteiger partial charge < -0.3 is 12.9 Å². The Morgan fingerprint density at radius 3 is 2.33 bits per heavy atom. The Balaban J connectivity index is 3.23. The summed E-state index contributed by atoms with van der Waals surface area (Å²) in [4.78, 5) is 2.96. The lowest BCUT2D eigenvalue weighted by molar-refractivity contribution is 0.499. The molecule has 0 unspecified atom stereocenters. The van der Waals surface area contributed by atoms with Gasteiger partial charge >= 0.3 is 6.98 Å². The summed E-state index contributed by atoms with van der Waals surface area (Å²) in [5, 5.41) is -0.580. The molecule has 0 fully saturated rings. The molecule has 0 atom stereocenters. The topological polar surface area (TPSA) is 12.9 Å². The zero-order chi connectivity index (χ0) is 9.35. The molecule has 1 rings (SSSR count). The summed E-state index contributed by atoms with van der Waals surface area (Å²) in [5.74, 6) is -1.19. The van der Waals surface area contributed by atoms with Crippen LogP contribution in [0.2, 0.25) is 5.02 Å². The fraction of sp³-hybridized carbons (Fsp3) is 0. The van der Waals surface area contributed by atoms with E-state index < -0.39 is 23.4 Å². The van der Waals surface area contributed by atoms with Gasteiger partial charge in [-0.3, -0.25) is 0 Å². The molecule has 12 heavy (non-hydrogen) atoms. The Kier molecular flexibility index (Phi) is 2.28. The van der Waals surface area contributed by atoms with Gasteiger partial charge in [-0.1, -0.05) is 17.1 Å². The maximum absolute atomic E-state index is 12.2. The number of hydrogen-bond donors (Lipinski definition) is 0.